The molecule has 0 saturated carbocycles. The molecule has 1 amide bonds. The van der Waals surface area contributed by atoms with Crippen molar-refractivity contribution in [2.24, 2.45) is 0 Å². The Kier molecular flexibility index (Phi) is 5.80. The van der Waals surface area contributed by atoms with Gasteiger partial charge in [-0.2, -0.15) is 0 Å². The van der Waals surface area contributed by atoms with Crippen molar-refractivity contribution in [2.75, 3.05) is 32.6 Å². The standard InChI is InChI=1S/C18H28N2O4/c1-18(2,3)24-17(21)20-10-6-7-13(12-20)19-15-9-8-14(22-4)11-16(15)23-5/h8-9,11,13,19H,6-7,10,12H2,1-5H3. The minimum Gasteiger partial charge on any atom is -0.497 e. The number of carbonyl (C=O) groups is 1. The maximum absolute atomic E-state index is 12.3. The van der Waals surface area contributed by atoms with E-state index in [1.165, 1.54) is 0 Å². The van der Waals surface area contributed by atoms with Crippen LogP contribution in [-0.4, -0.2) is 49.9 Å². The van der Waals surface area contributed by atoms with Gasteiger partial charge < -0.3 is 24.4 Å². The van der Waals surface area contributed by atoms with E-state index in [9.17, 15) is 4.79 Å². The molecule has 6 nitrogen and oxygen atoms in total. The van der Waals surface area contributed by atoms with Crippen molar-refractivity contribution in [1.82, 2.24) is 4.90 Å². The number of rotatable bonds is 4. The summed E-state index contributed by atoms with van der Waals surface area (Å²) in [4.78, 5) is 14.0. The monoisotopic (exact) mass is 336 g/mol. The second kappa shape index (κ2) is 7.64. The fourth-order valence-corrected chi connectivity index (χ4v) is 2.72. The van der Waals surface area contributed by atoms with Gasteiger partial charge in [0.25, 0.3) is 0 Å². The number of ether oxygens (including phenoxy) is 3. The lowest BCUT2D eigenvalue weighted by Crippen LogP contribution is -2.47. The van der Waals surface area contributed by atoms with Gasteiger partial charge in [0.05, 0.1) is 19.9 Å². The summed E-state index contributed by atoms with van der Waals surface area (Å²) < 4.78 is 16.1. The highest BCUT2D eigenvalue weighted by atomic mass is 16.6. The van der Waals surface area contributed by atoms with Crippen LogP contribution in [-0.2, 0) is 4.74 Å². The predicted octanol–water partition coefficient (Wildman–Crippen LogP) is 3.52. The fraction of sp³-hybridized carbons (Fsp3) is 0.611. The van der Waals surface area contributed by atoms with E-state index in [4.69, 9.17) is 14.2 Å². The molecule has 1 saturated heterocycles. The van der Waals surface area contributed by atoms with Crippen LogP contribution in [0.1, 0.15) is 33.6 Å². The first-order chi connectivity index (χ1) is 11.3. The molecule has 1 N–H and O–H groups in total. The highest BCUT2D eigenvalue weighted by Crippen LogP contribution is 2.30. The third-order valence-corrected chi connectivity index (χ3v) is 3.84. The Bertz CT molecular complexity index is 569. The van der Waals surface area contributed by atoms with Gasteiger partial charge in [0.15, 0.2) is 0 Å². The molecule has 2 rings (SSSR count). The minimum absolute atomic E-state index is 0.161. The summed E-state index contributed by atoms with van der Waals surface area (Å²) in [7, 11) is 3.26. The summed E-state index contributed by atoms with van der Waals surface area (Å²) in [5.41, 5.74) is 0.422. The molecule has 0 aromatic heterocycles. The molecule has 1 aliphatic heterocycles. The van der Waals surface area contributed by atoms with E-state index >= 15 is 0 Å². The van der Waals surface area contributed by atoms with Crippen LogP contribution < -0.4 is 14.8 Å². The average Bonchev–Trinajstić information content (AvgIpc) is 2.54. The van der Waals surface area contributed by atoms with Crippen molar-refractivity contribution in [3.05, 3.63) is 18.2 Å². The van der Waals surface area contributed by atoms with Gasteiger partial charge in [-0.15, -0.1) is 0 Å². The predicted molar refractivity (Wildman–Crippen MR) is 94.0 cm³/mol. The molecule has 0 aliphatic carbocycles. The van der Waals surface area contributed by atoms with Crippen molar-refractivity contribution in [3.63, 3.8) is 0 Å². The Morgan fingerprint density at radius 2 is 2.00 bits per heavy atom. The second-order valence-electron chi connectivity index (χ2n) is 6.98. The SMILES string of the molecule is COc1ccc(NC2CCCN(C(=O)OC(C)(C)C)C2)c(OC)c1. The molecule has 0 spiro atoms. The number of benzene rings is 1. The van der Waals surface area contributed by atoms with Crippen molar-refractivity contribution in [3.8, 4) is 11.5 Å². The Morgan fingerprint density at radius 1 is 1.25 bits per heavy atom. The number of anilines is 1. The molecule has 6 heteroatoms. The molecule has 1 unspecified atom stereocenters. The number of likely N-dealkylation sites (tertiary alicyclic amines) is 1. The van der Waals surface area contributed by atoms with Gasteiger partial charge in [0, 0.05) is 25.2 Å². The molecule has 1 aliphatic rings. The number of nitrogens with zero attached hydrogens (tertiary/aromatic N) is 1. The van der Waals surface area contributed by atoms with Crippen LogP contribution in [0.5, 0.6) is 11.5 Å². The average molecular weight is 336 g/mol. The van der Waals surface area contributed by atoms with E-state index in [-0.39, 0.29) is 12.1 Å². The van der Waals surface area contributed by atoms with Gasteiger partial charge in [-0.05, 0) is 45.7 Å². The summed E-state index contributed by atoms with van der Waals surface area (Å²) in [6.07, 6.45) is 1.68. The quantitative estimate of drug-likeness (QED) is 0.912. The summed E-state index contributed by atoms with van der Waals surface area (Å²) >= 11 is 0. The third-order valence-electron chi connectivity index (χ3n) is 3.84. The molecule has 1 aromatic carbocycles. The first-order valence-electron chi connectivity index (χ1n) is 8.29. The summed E-state index contributed by atoms with van der Waals surface area (Å²) in [5.74, 6) is 1.47. The molecule has 1 heterocycles. The topological polar surface area (TPSA) is 60.0 Å². The fourth-order valence-electron chi connectivity index (χ4n) is 2.72. The van der Waals surface area contributed by atoms with E-state index < -0.39 is 5.60 Å². The van der Waals surface area contributed by atoms with Crippen molar-refractivity contribution < 1.29 is 19.0 Å². The zero-order valence-electron chi connectivity index (χ0n) is 15.2. The van der Waals surface area contributed by atoms with E-state index in [0.29, 0.717) is 6.54 Å². The van der Waals surface area contributed by atoms with E-state index in [2.05, 4.69) is 5.32 Å². The van der Waals surface area contributed by atoms with Gasteiger partial charge >= 0.3 is 6.09 Å². The second-order valence-corrected chi connectivity index (χ2v) is 6.98. The molecule has 0 radical (unpaired) electrons. The number of piperidine rings is 1. The molecule has 1 atom stereocenters. The number of carbonyl (C=O) groups excluding carboxylic acids is 1. The van der Waals surface area contributed by atoms with Crippen LogP contribution in [0.2, 0.25) is 0 Å². The zero-order valence-corrected chi connectivity index (χ0v) is 15.2. The first-order valence-corrected chi connectivity index (χ1v) is 8.29. The molecular formula is C18H28N2O4. The zero-order chi connectivity index (χ0) is 17.7. The van der Waals surface area contributed by atoms with Crippen molar-refractivity contribution in [1.29, 1.82) is 0 Å². The van der Waals surface area contributed by atoms with Gasteiger partial charge in [-0.1, -0.05) is 0 Å². The number of nitrogens with one attached hydrogen (secondary N) is 1. The Labute approximate surface area is 144 Å². The van der Waals surface area contributed by atoms with Gasteiger partial charge in [0.1, 0.15) is 17.1 Å². The number of hydrogen-bond donors (Lipinski definition) is 1. The molecule has 24 heavy (non-hydrogen) atoms. The maximum atomic E-state index is 12.3. The normalized spacial score (nSPS) is 18.0. The van der Waals surface area contributed by atoms with Crippen LogP contribution in [0.3, 0.4) is 0 Å². The van der Waals surface area contributed by atoms with Crippen LogP contribution in [0, 0.1) is 0 Å². The highest BCUT2D eigenvalue weighted by molar-refractivity contribution is 5.68. The lowest BCUT2D eigenvalue weighted by molar-refractivity contribution is 0.0206. The van der Waals surface area contributed by atoms with Crippen molar-refractivity contribution >= 4 is 11.8 Å². The van der Waals surface area contributed by atoms with Gasteiger partial charge in [-0.25, -0.2) is 4.79 Å². The number of hydrogen-bond acceptors (Lipinski definition) is 5. The number of methoxy groups -OCH3 is 2. The largest absolute Gasteiger partial charge is 0.497 e. The lowest BCUT2D eigenvalue weighted by Gasteiger charge is -2.35. The molecular weight excluding hydrogens is 308 g/mol. The van der Waals surface area contributed by atoms with E-state index in [1.807, 2.05) is 39.0 Å². The maximum Gasteiger partial charge on any atom is 0.410 e. The Balaban J connectivity index is 2.01. The van der Waals surface area contributed by atoms with Gasteiger partial charge in [-0.3, -0.25) is 0 Å². The molecule has 1 fully saturated rings. The summed E-state index contributed by atoms with van der Waals surface area (Å²) in [6, 6.07) is 5.83. The Hall–Kier alpha value is -2.11. The smallest absolute Gasteiger partial charge is 0.410 e. The number of amides is 1. The van der Waals surface area contributed by atoms with Crippen LogP contribution in [0.15, 0.2) is 18.2 Å². The molecule has 0 bridgehead atoms. The highest BCUT2D eigenvalue weighted by Gasteiger charge is 2.28. The lowest BCUT2D eigenvalue weighted by atomic mass is 10.1. The van der Waals surface area contributed by atoms with Crippen LogP contribution in [0.25, 0.3) is 0 Å². The first kappa shape index (κ1) is 18.2. The summed E-state index contributed by atoms with van der Waals surface area (Å²) in [6.45, 7) is 6.99. The molecule has 1 aromatic rings. The Morgan fingerprint density at radius 3 is 2.62 bits per heavy atom. The molecule has 134 valence electrons. The van der Waals surface area contributed by atoms with Crippen molar-refractivity contribution in [2.45, 2.75) is 45.3 Å². The van der Waals surface area contributed by atoms with Crippen LogP contribution >= 0.6 is 0 Å². The van der Waals surface area contributed by atoms with E-state index in [1.54, 1.807) is 19.1 Å². The van der Waals surface area contributed by atoms with Crippen LogP contribution in [0.4, 0.5) is 10.5 Å². The van der Waals surface area contributed by atoms with E-state index in [0.717, 1.165) is 36.6 Å². The van der Waals surface area contributed by atoms with Gasteiger partial charge in [0.2, 0.25) is 0 Å². The third kappa shape index (κ3) is 4.94. The minimum atomic E-state index is -0.476. The summed E-state index contributed by atoms with van der Waals surface area (Å²) in [5, 5.41) is 3.47.